The van der Waals surface area contributed by atoms with Crippen molar-refractivity contribution in [2.24, 2.45) is 0 Å². The lowest BCUT2D eigenvalue weighted by Crippen LogP contribution is -1.80. The van der Waals surface area contributed by atoms with Crippen LogP contribution in [0.25, 0.3) is 11.2 Å². The first-order valence-corrected chi connectivity index (χ1v) is 4.08. The fourth-order valence-corrected chi connectivity index (χ4v) is 1.18. The molecule has 0 aliphatic rings. The lowest BCUT2D eigenvalue weighted by Gasteiger charge is -1.86. The predicted molar refractivity (Wildman–Crippen MR) is 48.0 cm³/mol. The second kappa shape index (κ2) is 2.87. The van der Waals surface area contributed by atoms with E-state index in [0.717, 1.165) is 17.8 Å². The van der Waals surface area contributed by atoms with E-state index in [1.165, 1.54) is 6.20 Å². The van der Waals surface area contributed by atoms with Gasteiger partial charge in [0, 0.05) is 12.6 Å². The van der Waals surface area contributed by atoms with E-state index < -0.39 is 0 Å². The molecule has 1 N–H and O–H groups in total. The quantitative estimate of drug-likeness (QED) is 0.706. The third-order valence-electron chi connectivity index (χ3n) is 1.85. The van der Waals surface area contributed by atoms with Crippen molar-refractivity contribution in [2.75, 3.05) is 0 Å². The van der Waals surface area contributed by atoms with Crippen LogP contribution in [0.1, 0.15) is 18.3 Å². The molecular formula is C9H8N4. The molecule has 2 aromatic rings. The fourth-order valence-electron chi connectivity index (χ4n) is 1.18. The largest absolute Gasteiger partial charge is 0.341 e. The molecule has 0 atom stereocenters. The van der Waals surface area contributed by atoms with Gasteiger partial charge < -0.3 is 4.98 Å². The Balaban J connectivity index is 2.65. The third kappa shape index (κ3) is 1.25. The van der Waals surface area contributed by atoms with Crippen LogP contribution in [0.5, 0.6) is 0 Å². The summed E-state index contributed by atoms with van der Waals surface area (Å²) in [5, 5.41) is 8.64. The van der Waals surface area contributed by atoms with Crippen LogP contribution < -0.4 is 0 Å². The SMILES string of the molecule is CCc1nc2ncc(C#N)cc2[nH]1. The van der Waals surface area contributed by atoms with E-state index in [9.17, 15) is 0 Å². The zero-order chi connectivity index (χ0) is 9.26. The molecule has 2 rings (SSSR count). The first-order valence-electron chi connectivity index (χ1n) is 4.08. The number of nitrogens with one attached hydrogen (secondary N) is 1. The van der Waals surface area contributed by atoms with E-state index >= 15 is 0 Å². The number of imidazole rings is 1. The summed E-state index contributed by atoms with van der Waals surface area (Å²) in [5.74, 6) is 0.901. The van der Waals surface area contributed by atoms with Gasteiger partial charge in [0.25, 0.3) is 0 Å². The minimum atomic E-state index is 0.554. The van der Waals surface area contributed by atoms with Crippen molar-refractivity contribution < 1.29 is 0 Å². The van der Waals surface area contributed by atoms with Gasteiger partial charge in [0.2, 0.25) is 0 Å². The minimum absolute atomic E-state index is 0.554. The maximum atomic E-state index is 8.64. The zero-order valence-corrected chi connectivity index (χ0v) is 7.20. The number of nitrogens with zero attached hydrogens (tertiary/aromatic N) is 3. The van der Waals surface area contributed by atoms with Gasteiger partial charge in [0.15, 0.2) is 5.65 Å². The van der Waals surface area contributed by atoms with Crippen LogP contribution in [0.4, 0.5) is 0 Å². The Morgan fingerprint density at radius 3 is 3.15 bits per heavy atom. The fraction of sp³-hybridized carbons (Fsp3) is 0.222. The molecule has 0 radical (unpaired) electrons. The molecule has 0 saturated heterocycles. The number of aromatic nitrogens is 3. The normalized spacial score (nSPS) is 10.2. The Kier molecular flexibility index (Phi) is 1.71. The molecule has 13 heavy (non-hydrogen) atoms. The van der Waals surface area contributed by atoms with Gasteiger partial charge in [-0.1, -0.05) is 6.92 Å². The smallest absolute Gasteiger partial charge is 0.177 e. The molecule has 0 fully saturated rings. The maximum absolute atomic E-state index is 8.64. The summed E-state index contributed by atoms with van der Waals surface area (Å²) in [6.07, 6.45) is 2.38. The lowest BCUT2D eigenvalue weighted by atomic mass is 10.3. The van der Waals surface area contributed by atoms with Crippen LogP contribution in [0.3, 0.4) is 0 Å². The van der Waals surface area contributed by atoms with Crippen LogP contribution in [0, 0.1) is 11.3 Å². The summed E-state index contributed by atoms with van der Waals surface area (Å²) in [5.41, 5.74) is 2.06. The van der Waals surface area contributed by atoms with Gasteiger partial charge in [-0.2, -0.15) is 5.26 Å². The highest BCUT2D eigenvalue weighted by atomic mass is 15.0. The van der Waals surface area contributed by atoms with Gasteiger partial charge >= 0.3 is 0 Å². The number of H-pyrrole nitrogens is 1. The first-order chi connectivity index (χ1) is 6.33. The molecule has 0 bridgehead atoms. The van der Waals surface area contributed by atoms with Crippen LogP contribution in [0.2, 0.25) is 0 Å². The zero-order valence-electron chi connectivity index (χ0n) is 7.20. The maximum Gasteiger partial charge on any atom is 0.177 e. The molecule has 4 heteroatoms. The Hall–Kier alpha value is -1.89. The summed E-state index contributed by atoms with van der Waals surface area (Å²) in [6, 6.07) is 3.79. The summed E-state index contributed by atoms with van der Waals surface area (Å²) in [7, 11) is 0. The van der Waals surface area contributed by atoms with Gasteiger partial charge in [-0.05, 0) is 6.07 Å². The predicted octanol–water partition coefficient (Wildman–Crippen LogP) is 1.39. The van der Waals surface area contributed by atoms with Gasteiger partial charge in [0.05, 0.1) is 11.1 Å². The topological polar surface area (TPSA) is 65.4 Å². The molecule has 2 aromatic heterocycles. The summed E-state index contributed by atoms with van der Waals surface area (Å²) in [4.78, 5) is 11.4. The van der Waals surface area contributed by atoms with Crippen LogP contribution >= 0.6 is 0 Å². The van der Waals surface area contributed by atoms with E-state index in [0.29, 0.717) is 11.2 Å². The van der Waals surface area contributed by atoms with Crippen LogP contribution in [0.15, 0.2) is 12.3 Å². The third-order valence-corrected chi connectivity index (χ3v) is 1.85. The molecule has 2 heterocycles. The highest BCUT2D eigenvalue weighted by molar-refractivity contribution is 5.71. The van der Waals surface area contributed by atoms with Crippen LogP contribution in [-0.2, 0) is 6.42 Å². The van der Waals surface area contributed by atoms with E-state index in [4.69, 9.17) is 5.26 Å². The number of aromatic amines is 1. The molecule has 0 aromatic carbocycles. The molecule has 64 valence electrons. The molecule has 4 nitrogen and oxygen atoms in total. The van der Waals surface area contributed by atoms with Crippen molar-refractivity contribution in [3.8, 4) is 6.07 Å². The highest BCUT2D eigenvalue weighted by Crippen LogP contribution is 2.10. The van der Waals surface area contributed by atoms with Gasteiger partial charge in [-0.25, -0.2) is 9.97 Å². The number of nitriles is 1. The Labute approximate surface area is 75.2 Å². The molecular weight excluding hydrogens is 164 g/mol. The monoisotopic (exact) mass is 172 g/mol. The number of pyridine rings is 1. The average Bonchev–Trinajstić information content (AvgIpc) is 2.58. The Morgan fingerprint density at radius 1 is 1.62 bits per heavy atom. The van der Waals surface area contributed by atoms with E-state index in [1.54, 1.807) is 6.07 Å². The number of rotatable bonds is 1. The Morgan fingerprint density at radius 2 is 2.46 bits per heavy atom. The minimum Gasteiger partial charge on any atom is -0.341 e. The van der Waals surface area contributed by atoms with E-state index in [-0.39, 0.29) is 0 Å². The summed E-state index contributed by atoms with van der Waals surface area (Å²) in [6.45, 7) is 2.02. The van der Waals surface area contributed by atoms with Crippen LogP contribution in [-0.4, -0.2) is 15.0 Å². The lowest BCUT2D eigenvalue weighted by molar-refractivity contribution is 0.997. The van der Waals surface area contributed by atoms with Gasteiger partial charge in [-0.3, -0.25) is 0 Å². The Bertz CT molecular complexity index is 478. The second-order valence-corrected chi connectivity index (χ2v) is 2.74. The van der Waals surface area contributed by atoms with Crippen molar-refractivity contribution in [3.63, 3.8) is 0 Å². The standard InChI is InChI=1S/C9H8N4/c1-2-8-12-7-3-6(4-10)5-11-9(7)13-8/h3,5H,2H2,1H3,(H,11,12,13). The molecule has 0 aliphatic heterocycles. The summed E-state index contributed by atoms with van der Waals surface area (Å²) >= 11 is 0. The van der Waals surface area contributed by atoms with Crippen molar-refractivity contribution in [3.05, 3.63) is 23.7 Å². The molecule has 0 aliphatic carbocycles. The number of fused-ring (bicyclic) bond motifs is 1. The van der Waals surface area contributed by atoms with Crippen molar-refractivity contribution in [2.45, 2.75) is 13.3 Å². The number of aryl methyl sites for hydroxylation is 1. The van der Waals surface area contributed by atoms with Crippen molar-refractivity contribution in [1.29, 1.82) is 5.26 Å². The van der Waals surface area contributed by atoms with Gasteiger partial charge in [0.1, 0.15) is 11.9 Å². The van der Waals surface area contributed by atoms with E-state index in [1.807, 2.05) is 13.0 Å². The number of hydrogen-bond acceptors (Lipinski definition) is 3. The molecule has 0 saturated carbocycles. The van der Waals surface area contributed by atoms with E-state index in [2.05, 4.69) is 15.0 Å². The van der Waals surface area contributed by atoms with Crippen molar-refractivity contribution in [1.82, 2.24) is 15.0 Å². The molecule has 0 amide bonds. The summed E-state index contributed by atoms with van der Waals surface area (Å²) < 4.78 is 0. The average molecular weight is 172 g/mol. The highest BCUT2D eigenvalue weighted by Gasteiger charge is 2.02. The first kappa shape index (κ1) is 7.74. The molecule has 0 spiro atoms. The molecule has 0 unspecified atom stereocenters. The van der Waals surface area contributed by atoms with Crippen molar-refractivity contribution >= 4 is 11.2 Å². The van der Waals surface area contributed by atoms with Gasteiger partial charge in [-0.15, -0.1) is 0 Å². The second-order valence-electron chi connectivity index (χ2n) is 2.74. The number of hydrogen-bond donors (Lipinski definition) is 1.